The van der Waals surface area contributed by atoms with Gasteiger partial charge in [-0.1, -0.05) is 17.3 Å². The number of benzene rings is 1. The minimum atomic E-state index is -0.479. The van der Waals surface area contributed by atoms with Gasteiger partial charge in [-0.15, -0.1) is 23.1 Å². The van der Waals surface area contributed by atoms with E-state index in [1.54, 1.807) is 42.6 Å². The van der Waals surface area contributed by atoms with Gasteiger partial charge >= 0.3 is 0 Å². The Kier molecular flexibility index (Phi) is 6.85. The Hall–Kier alpha value is -3.50. The van der Waals surface area contributed by atoms with Gasteiger partial charge in [-0.05, 0) is 55.8 Å². The molecule has 0 saturated heterocycles. The number of carbonyl (C=O) groups is 2. The van der Waals surface area contributed by atoms with Crippen molar-refractivity contribution in [3.8, 4) is 10.4 Å². The van der Waals surface area contributed by atoms with E-state index in [4.69, 9.17) is 4.52 Å². The van der Waals surface area contributed by atoms with Crippen LogP contribution in [-0.4, -0.2) is 22.0 Å². The Morgan fingerprint density at radius 1 is 1.06 bits per heavy atom. The predicted molar refractivity (Wildman–Crippen MR) is 124 cm³/mol. The fraction of sp³-hybridized carbons (Fsp3) is 0.130. The fourth-order valence-corrected chi connectivity index (χ4v) is 5.05. The van der Waals surface area contributed by atoms with Crippen LogP contribution in [0.15, 0.2) is 64.3 Å². The number of aromatic nitrogens is 2. The molecule has 2 amide bonds. The SMILES string of the molecule is Cc1noc(C)c1CSc1ncccc1C(=O)NNC(=O)c1ccc(-c2ccc(F)cc2)s1. The summed E-state index contributed by atoms with van der Waals surface area (Å²) in [4.78, 5) is 30.7. The number of nitrogens with one attached hydrogen (secondary N) is 2. The molecule has 168 valence electrons. The van der Waals surface area contributed by atoms with Crippen LogP contribution in [-0.2, 0) is 5.75 Å². The van der Waals surface area contributed by atoms with E-state index < -0.39 is 11.8 Å². The van der Waals surface area contributed by atoms with Crippen LogP contribution in [0.25, 0.3) is 10.4 Å². The minimum absolute atomic E-state index is 0.323. The largest absolute Gasteiger partial charge is 0.361 e. The molecule has 0 radical (unpaired) electrons. The number of pyridine rings is 1. The summed E-state index contributed by atoms with van der Waals surface area (Å²) in [5, 5.41) is 4.46. The summed E-state index contributed by atoms with van der Waals surface area (Å²) in [6.45, 7) is 3.70. The summed E-state index contributed by atoms with van der Waals surface area (Å²) in [6, 6.07) is 12.8. The van der Waals surface area contributed by atoms with Crippen LogP contribution < -0.4 is 10.9 Å². The van der Waals surface area contributed by atoms with E-state index >= 15 is 0 Å². The van der Waals surface area contributed by atoms with Gasteiger partial charge in [0.2, 0.25) is 0 Å². The first-order valence-corrected chi connectivity index (χ1v) is 11.7. The van der Waals surface area contributed by atoms with E-state index in [0.717, 1.165) is 27.5 Å². The van der Waals surface area contributed by atoms with Crippen LogP contribution in [0, 0.1) is 19.7 Å². The molecular formula is C23H19FN4O3S2. The molecule has 0 spiro atoms. The molecule has 0 bridgehead atoms. The number of halogens is 1. The number of carbonyl (C=O) groups excluding carboxylic acids is 2. The van der Waals surface area contributed by atoms with Crippen LogP contribution in [0.5, 0.6) is 0 Å². The highest BCUT2D eigenvalue weighted by molar-refractivity contribution is 7.98. The molecular weight excluding hydrogens is 463 g/mol. The number of thiophene rings is 1. The second kappa shape index (κ2) is 9.97. The highest BCUT2D eigenvalue weighted by Gasteiger charge is 2.17. The Morgan fingerprint density at radius 2 is 1.82 bits per heavy atom. The highest BCUT2D eigenvalue weighted by Crippen LogP contribution is 2.29. The fourth-order valence-electron chi connectivity index (χ4n) is 3.00. The van der Waals surface area contributed by atoms with Gasteiger partial charge in [0, 0.05) is 22.4 Å². The van der Waals surface area contributed by atoms with Gasteiger partial charge in [0.15, 0.2) is 0 Å². The maximum absolute atomic E-state index is 13.1. The third kappa shape index (κ3) is 5.29. The molecule has 10 heteroatoms. The van der Waals surface area contributed by atoms with Gasteiger partial charge in [0.1, 0.15) is 16.6 Å². The van der Waals surface area contributed by atoms with E-state index in [1.165, 1.54) is 35.2 Å². The van der Waals surface area contributed by atoms with Crippen molar-refractivity contribution in [2.75, 3.05) is 0 Å². The van der Waals surface area contributed by atoms with Crippen molar-refractivity contribution in [3.63, 3.8) is 0 Å². The summed E-state index contributed by atoms with van der Waals surface area (Å²) >= 11 is 2.63. The lowest BCUT2D eigenvalue weighted by Gasteiger charge is -2.09. The molecule has 33 heavy (non-hydrogen) atoms. The van der Waals surface area contributed by atoms with Crippen molar-refractivity contribution in [2.45, 2.75) is 24.6 Å². The van der Waals surface area contributed by atoms with E-state index in [-0.39, 0.29) is 5.82 Å². The maximum atomic E-state index is 13.1. The average molecular weight is 483 g/mol. The van der Waals surface area contributed by atoms with Crippen molar-refractivity contribution in [1.82, 2.24) is 21.0 Å². The van der Waals surface area contributed by atoms with Gasteiger partial charge in [0.25, 0.3) is 11.8 Å². The normalized spacial score (nSPS) is 10.8. The average Bonchev–Trinajstić information content (AvgIpc) is 3.44. The van der Waals surface area contributed by atoms with Crippen LogP contribution in [0.3, 0.4) is 0 Å². The van der Waals surface area contributed by atoms with E-state index in [0.29, 0.717) is 21.2 Å². The Labute approximate surface area is 197 Å². The third-order valence-electron chi connectivity index (χ3n) is 4.80. The van der Waals surface area contributed by atoms with Gasteiger partial charge in [0.05, 0.1) is 16.1 Å². The number of hydrazine groups is 1. The lowest BCUT2D eigenvalue weighted by atomic mass is 10.2. The topological polar surface area (TPSA) is 97.1 Å². The van der Waals surface area contributed by atoms with Crippen LogP contribution in [0.1, 0.15) is 37.0 Å². The second-order valence-corrected chi connectivity index (χ2v) is 9.07. The number of nitrogens with zero attached hydrogens (tertiary/aromatic N) is 2. The van der Waals surface area contributed by atoms with Crippen molar-refractivity contribution >= 4 is 34.9 Å². The van der Waals surface area contributed by atoms with E-state index in [9.17, 15) is 14.0 Å². The number of thioether (sulfide) groups is 1. The monoisotopic (exact) mass is 482 g/mol. The van der Waals surface area contributed by atoms with Gasteiger partial charge < -0.3 is 4.52 Å². The quantitative estimate of drug-likeness (QED) is 0.299. The summed E-state index contributed by atoms with van der Waals surface area (Å²) in [7, 11) is 0. The Balaban J connectivity index is 1.39. The number of amides is 2. The summed E-state index contributed by atoms with van der Waals surface area (Å²) < 4.78 is 18.3. The van der Waals surface area contributed by atoms with Gasteiger partial charge in [-0.3, -0.25) is 20.4 Å². The van der Waals surface area contributed by atoms with Crippen molar-refractivity contribution in [3.05, 3.63) is 88.0 Å². The van der Waals surface area contributed by atoms with Crippen LogP contribution >= 0.6 is 23.1 Å². The molecule has 0 aliphatic heterocycles. The first kappa shape index (κ1) is 22.7. The molecule has 4 rings (SSSR count). The molecule has 0 aliphatic carbocycles. The zero-order valence-corrected chi connectivity index (χ0v) is 19.3. The molecule has 4 aromatic rings. The molecule has 7 nitrogen and oxygen atoms in total. The lowest BCUT2D eigenvalue weighted by molar-refractivity contribution is 0.0847. The van der Waals surface area contributed by atoms with Crippen LogP contribution in [0.4, 0.5) is 4.39 Å². The first-order valence-electron chi connectivity index (χ1n) is 9.88. The number of rotatable bonds is 6. The van der Waals surface area contributed by atoms with Crippen molar-refractivity contribution in [1.29, 1.82) is 0 Å². The van der Waals surface area contributed by atoms with Gasteiger partial charge in [-0.2, -0.15) is 0 Å². The third-order valence-corrected chi connectivity index (χ3v) is 6.96. The summed E-state index contributed by atoms with van der Waals surface area (Å²) in [5.74, 6) is 0.0240. The Bertz CT molecular complexity index is 1280. The van der Waals surface area contributed by atoms with E-state index in [2.05, 4.69) is 21.0 Å². The molecule has 0 atom stereocenters. The zero-order valence-electron chi connectivity index (χ0n) is 17.7. The number of hydrogen-bond donors (Lipinski definition) is 2. The highest BCUT2D eigenvalue weighted by atomic mass is 32.2. The summed E-state index contributed by atoms with van der Waals surface area (Å²) in [5.41, 5.74) is 7.78. The second-order valence-electron chi connectivity index (χ2n) is 7.03. The molecule has 0 saturated carbocycles. The molecule has 0 aliphatic rings. The predicted octanol–water partition coefficient (Wildman–Crippen LogP) is 4.92. The molecule has 0 fully saturated rings. The Morgan fingerprint density at radius 3 is 2.55 bits per heavy atom. The van der Waals surface area contributed by atoms with Crippen molar-refractivity contribution in [2.24, 2.45) is 0 Å². The minimum Gasteiger partial charge on any atom is -0.361 e. The molecule has 2 N–H and O–H groups in total. The van der Waals surface area contributed by atoms with E-state index in [1.807, 2.05) is 13.8 Å². The lowest BCUT2D eigenvalue weighted by Crippen LogP contribution is -2.41. The first-order chi connectivity index (χ1) is 15.9. The molecule has 1 aromatic carbocycles. The molecule has 3 heterocycles. The van der Waals surface area contributed by atoms with Gasteiger partial charge in [-0.25, -0.2) is 9.37 Å². The maximum Gasteiger partial charge on any atom is 0.279 e. The zero-order chi connectivity index (χ0) is 23.4. The number of aryl methyl sites for hydroxylation is 2. The number of hydrogen-bond acceptors (Lipinski definition) is 7. The van der Waals surface area contributed by atoms with Crippen LogP contribution in [0.2, 0.25) is 0 Å². The smallest absolute Gasteiger partial charge is 0.279 e. The summed E-state index contributed by atoms with van der Waals surface area (Å²) in [6.07, 6.45) is 1.60. The van der Waals surface area contributed by atoms with Crippen molar-refractivity contribution < 1.29 is 18.5 Å². The molecule has 0 unspecified atom stereocenters. The molecule has 3 aromatic heterocycles. The standard InChI is InChI=1S/C23H19FN4O3S2/c1-13-18(14(2)31-28-13)12-32-23-17(4-3-11-25-23)21(29)26-27-22(30)20-10-9-19(33-20)15-5-7-16(24)8-6-15/h3-11H,12H2,1-2H3,(H,26,29)(H,27,30).